The summed E-state index contributed by atoms with van der Waals surface area (Å²) < 4.78 is 16.1. The van der Waals surface area contributed by atoms with Gasteiger partial charge in [-0.2, -0.15) is 0 Å². The molecule has 0 aliphatic heterocycles. The molecule has 96 valence electrons. The van der Waals surface area contributed by atoms with E-state index in [9.17, 15) is 0 Å². The first-order chi connectivity index (χ1) is 8.78. The topological polar surface area (TPSA) is 79.5 Å². The molecule has 0 fully saturated rings. The van der Waals surface area contributed by atoms with E-state index in [-0.39, 0.29) is 0 Å². The highest BCUT2D eigenvalue weighted by atomic mass is 32.1. The van der Waals surface area contributed by atoms with Crippen molar-refractivity contribution in [3.63, 3.8) is 0 Å². The highest BCUT2D eigenvalue weighted by molar-refractivity contribution is 7.13. The van der Waals surface area contributed by atoms with Gasteiger partial charge in [0.2, 0.25) is 5.75 Å². The summed E-state index contributed by atoms with van der Waals surface area (Å²) in [5.41, 5.74) is 5.47. The average Bonchev–Trinajstić information content (AvgIpc) is 2.86. The quantitative estimate of drug-likeness (QED) is 0.890. The van der Waals surface area contributed by atoms with E-state index in [1.165, 1.54) is 11.3 Å². The van der Waals surface area contributed by atoms with Crippen LogP contribution in [-0.4, -0.2) is 24.4 Å². The summed E-state index contributed by atoms with van der Waals surface area (Å²) in [6.45, 7) is 0.337. The second kappa shape index (κ2) is 5.65. The van der Waals surface area contributed by atoms with Crippen molar-refractivity contribution in [2.75, 3.05) is 14.2 Å². The summed E-state index contributed by atoms with van der Waals surface area (Å²) in [5, 5.41) is 8.88. The number of para-hydroxylation sites is 1. The predicted molar refractivity (Wildman–Crippen MR) is 67.4 cm³/mol. The van der Waals surface area contributed by atoms with Gasteiger partial charge in [-0.25, -0.2) is 0 Å². The van der Waals surface area contributed by atoms with Crippen LogP contribution in [0.2, 0.25) is 0 Å². The Morgan fingerprint density at radius 3 is 2.33 bits per heavy atom. The molecule has 6 nitrogen and oxygen atoms in total. The summed E-state index contributed by atoms with van der Waals surface area (Å²) in [6.07, 6.45) is 0. The molecule has 7 heteroatoms. The first kappa shape index (κ1) is 12.6. The Hall–Kier alpha value is -1.86. The summed E-state index contributed by atoms with van der Waals surface area (Å²) >= 11 is 1.29. The lowest BCUT2D eigenvalue weighted by atomic mass is 10.3. The maximum Gasteiger partial charge on any atom is 0.299 e. The molecule has 2 rings (SSSR count). The molecule has 0 radical (unpaired) electrons. The lowest BCUT2D eigenvalue weighted by Gasteiger charge is -2.11. The number of hydrogen-bond acceptors (Lipinski definition) is 7. The molecule has 0 aliphatic carbocycles. The minimum Gasteiger partial charge on any atom is -0.493 e. The van der Waals surface area contributed by atoms with E-state index in [2.05, 4.69) is 10.2 Å². The van der Waals surface area contributed by atoms with Crippen molar-refractivity contribution in [1.82, 2.24) is 10.2 Å². The van der Waals surface area contributed by atoms with Crippen molar-refractivity contribution in [1.29, 1.82) is 0 Å². The summed E-state index contributed by atoms with van der Waals surface area (Å²) in [4.78, 5) is 0. The zero-order valence-corrected chi connectivity index (χ0v) is 10.9. The molecule has 2 aromatic rings. The lowest BCUT2D eigenvalue weighted by molar-refractivity contribution is 0.344. The van der Waals surface area contributed by atoms with Crippen molar-refractivity contribution in [3.8, 4) is 22.4 Å². The van der Waals surface area contributed by atoms with Crippen LogP contribution in [0.15, 0.2) is 18.2 Å². The van der Waals surface area contributed by atoms with Crippen LogP contribution < -0.4 is 19.9 Å². The summed E-state index contributed by atoms with van der Waals surface area (Å²) in [7, 11) is 3.13. The van der Waals surface area contributed by atoms with E-state index in [1.54, 1.807) is 26.4 Å². The van der Waals surface area contributed by atoms with Crippen LogP contribution in [0.1, 0.15) is 5.01 Å². The smallest absolute Gasteiger partial charge is 0.299 e. The third-order valence-corrected chi connectivity index (χ3v) is 3.02. The zero-order valence-electron chi connectivity index (χ0n) is 10.0. The van der Waals surface area contributed by atoms with Gasteiger partial charge in [0.25, 0.3) is 5.19 Å². The number of rotatable bonds is 5. The van der Waals surface area contributed by atoms with E-state index >= 15 is 0 Å². The Balaban J connectivity index is 2.31. The molecular weight excluding hydrogens is 254 g/mol. The molecule has 1 aromatic heterocycles. The number of hydrogen-bond donors (Lipinski definition) is 1. The molecule has 0 amide bonds. The van der Waals surface area contributed by atoms with Crippen molar-refractivity contribution in [2.24, 2.45) is 5.73 Å². The van der Waals surface area contributed by atoms with Crippen LogP contribution in [0.5, 0.6) is 22.4 Å². The minimum atomic E-state index is 0.337. The average molecular weight is 267 g/mol. The van der Waals surface area contributed by atoms with Gasteiger partial charge in [-0.3, -0.25) is 0 Å². The molecule has 2 N–H and O–H groups in total. The van der Waals surface area contributed by atoms with E-state index in [0.29, 0.717) is 34.0 Å². The number of nitrogens with zero attached hydrogens (tertiary/aromatic N) is 2. The van der Waals surface area contributed by atoms with E-state index in [1.807, 2.05) is 6.07 Å². The highest BCUT2D eigenvalue weighted by Crippen LogP contribution is 2.40. The number of ether oxygens (including phenoxy) is 3. The summed E-state index contributed by atoms with van der Waals surface area (Å²) in [6, 6.07) is 5.38. The number of benzene rings is 1. The van der Waals surface area contributed by atoms with Crippen molar-refractivity contribution in [3.05, 3.63) is 23.2 Å². The van der Waals surface area contributed by atoms with Gasteiger partial charge in [0.1, 0.15) is 5.01 Å². The van der Waals surface area contributed by atoms with Gasteiger partial charge in [-0.1, -0.05) is 22.5 Å². The monoisotopic (exact) mass is 267 g/mol. The molecule has 0 spiro atoms. The Kier molecular flexibility index (Phi) is 3.96. The van der Waals surface area contributed by atoms with E-state index < -0.39 is 0 Å². The van der Waals surface area contributed by atoms with Crippen LogP contribution in [0, 0.1) is 0 Å². The molecule has 0 bridgehead atoms. The fourth-order valence-electron chi connectivity index (χ4n) is 1.37. The van der Waals surface area contributed by atoms with Gasteiger partial charge in [0, 0.05) is 6.54 Å². The van der Waals surface area contributed by atoms with Gasteiger partial charge >= 0.3 is 0 Å². The fourth-order valence-corrected chi connectivity index (χ4v) is 1.94. The largest absolute Gasteiger partial charge is 0.493 e. The maximum absolute atomic E-state index is 5.64. The Morgan fingerprint density at radius 2 is 1.83 bits per heavy atom. The van der Waals surface area contributed by atoms with E-state index in [4.69, 9.17) is 19.9 Å². The van der Waals surface area contributed by atoms with Crippen molar-refractivity contribution in [2.45, 2.75) is 6.54 Å². The third kappa shape index (κ3) is 2.52. The third-order valence-electron chi connectivity index (χ3n) is 2.19. The molecule has 0 unspecified atom stereocenters. The Bertz CT molecular complexity index is 508. The number of aromatic nitrogens is 2. The van der Waals surface area contributed by atoms with Gasteiger partial charge < -0.3 is 19.9 Å². The fraction of sp³-hybridized carbons (Fsp3) is 0.273. The zero-order chi connectivity index (χ0) is 13.0. The molecule has 0 aliphatic rings. The second-order valence-electron chi connectivity index (χ2n) is 3.26. The molecule has 0 atom stereocenters. The van der Waals surface area contributed by atoms with Crippen LogP contribution in [0.4, 0.5) is 0 Å². The maximum atomic E-state index is 5.64. The summed E-state index contributed by atoms with van der Waals surface area (Å²) in [5.74, 6) is 1.61. The number of nitrogens with two attached hydrogens (primary N) is 1. The minimum absolute atomic E-state index is 0.337. The van der Waals surface area contributed by atoms with Crippen LogP contribution in [-0.2, 0) is 6.54 Å². The molecule has 1 heterocycles. The normalized spacial score (nSPS) is 10.2. The molecule has 18 heavy (non-hydrogen) atoms. The molecule has 1 aromatic carbocycles. The number of methoxy groups -OCH3 is 2. The van der Waals surface area contributed by atoms with Crippen molar-refractivity contribution < 1.29 is 14.2 Å². The Morgan fingerprint density at radius 1 is 1.17 bits per heavy atom. The lowest BCUT2D eigenvalue weighted by Crippen LogP contribution is -1.94. The van der Waals surface area contributed by atoms with Gasteiger partial charge in [-0.05, 0) is 12.1 Å². The van der Waals surface area contributed by atoms with Crippen LogP contribution in [0.3, 0.4) is 0 Å². The standard InChI is InChI=1S/C11H13N3O3S/c1-15-7-4-3-5-8(16-2)10(7)17-11-14-13-9(6-12)18-11/h3-5H,6,12H2,1-2H3. The first-order valence-corrected chi connectivity index (χ1v) is 6.01. The van der Waals surface area contributed by atoms with Gasteiger partial charge in [0.15, 0.2) is 11.5 Å². The van der Waals surface area contributed by atoms with Crippen molar-refractivity contribution >= 4 is 11.3 Å². The molecule has 0 saturated heterocycles. The van der Waals surface area contributed by atoms with Crippen LogP contribution in [0.25, 0.3) is 0 Å². The second-order valence-corrected chi connectivity index (χ2v) is 4.28. The SMILES string of the molecule is COc1cccc(OC)c1Oc1nnc(CN)s1. The Labute approximate surface area is 108 Å². The van der Waals surface area contributed by atoms with E-state index in [0.717, 1.165) is 0 Å². The first-order valence-electron chi connectivity index (χ1n) is 5.19. The predicted octanol–water partition coefficient (Wildman–Crippen LogP) is 1.81. The molecule has 0 saturated carbocycles. The van der Waals surface area contributed by atoms with Gasteiger partial charge in [-0.15, -0.1) is 5.10 Å². The molecular formula is C11H13N3O3S. The highest BCUT2D eigenvalue weighted by Gasteiger charge is 2.14. The van der Waals surface area contributed by atoms with Crippen LogP contribution >= 0.6 is 11.3 Å². The van der Waals surface area contributed by atoms with Gasteiger partial charge in [0.05, 0.1) is 14.2 Å².